The van der Waals surface area contributed by atoms with E-state index < -0.39 is 0 Å². The number of hydrogen-bond acceptors (Lipinski definition) is 4. The van der Waals surface area contributed by atoms with Crippen molar-refractivity contribution in [2.45, 2.75) is 26.2 Å². The van der Waals surface area contributed by atoms with Crippen LogP contribution < -0.4 is 0 Å². The molecule has 1 atom stereocenters. The number of nitrogens with zero attached hydrogens (tertiary/aromatic N) is 2. The second-order valence-corrected chi connectivity index (χ2v) is 4.31. The summed E-state index contributed by atoms with van der Waals surface area (Å²) < 4.78 is 5.31. The van der Waals surface area contributed by atoms with Crippen LogP contribution in [0.1, 0.15) is 29.3 Å². The van der Waals surface area contributed by atoms with Gasteiger partial charge in [-0.3, -0.25) is 4.98 Å². The van der Waals surface area contributed by atoms with Crippen molar-refractivity contribution >= 4 is 11.3 Å². The highest BCUT2D eigenvalue weighted by molar-refractivity contribution is 7.09. The lowest BCUT2D eigenvalue weighted by atomic mass is 10.1. The Morgan fingerprint density at radius 3 is 3.00 bits per heavy atom. The summed E-state index contributed by atoms with van der Waals surface area (Å²) in [6.45, 7) is 4.09. The van der Waals surface area contributed by atoms with Crippen molar-refractivity contribution in [1.29, 1.82) is 0 Å². The van der Waals surface area contributed by atoms with Gasteiger partial charge in [0.2, 0.25) is 0 Å². The molecule has 1 unspecified atom stereocenters. The van der Waals surface area contributed by atoms with Crippen LogP contribution in [0, 0.1) is 6.92 Å². The number of aryl methyl sites for hydroxylation is 1. The lowest BCUT2D eigenvalue weighted by molar-refractivity contribution is 0.479. The number of thiazole rings is 1. The normalized spacial score (nSPS) is 13.0. The first-order valence-electron chi connectivity index (χ1n) is 4.55. The van der Waals surface area contributed by atoms with Crippen molar-refractivity contribution in [2.24, 2.45) is 0 Å². The molecule has 0 fully saturated rings. The Kier molecular flexibility index (Phi) is 2.63. The minimum absolute atomic E-state index is 0.431. The van der Waals surface area contributed by atoms with Crippen LogP contribution in [-0.4, -0.2) is 9.97 Å². The fourth-order valence-electron chi connectivity index (χ4n) is 1.33. The van der Waals surface area contributed by atoms with Gasteiger partial charge in [0.25, 0.3) is 0 Å². The lowest BCUT2D eigenvalue weighted by Gasteiger charge is -2.04. The number of aromatic nitrogens is 2. The second-order valence-electron chi connectivity index (χ2n) is 3.39. The molecule has 0 spiro atoms. The Bertz CT molecular complexity index is 394. The van der Waals surface area contributed by atoms with Crippen LogP contribution in [-0.2, 0) is 6.42 Å². The number of hydrogen-bond donors (Lipinski definition) is 0. The van der Waals surface area contributed by atoms with Gasteiger partial charge in [-0.2, -0.15) is 0 Å². The molecule has 0 bridgehead atoms. The van der Waals surface area contributed by atoms with Gasteiger partial charge in [-0.05, 0) is 6.92 Å². The highest BCUT2D eigenvalue weighted by Gasteiger charge is 2.11. The molecule has 2 aromatic heterocycles. The summed E-state index contributed by atoms with van der Waals surface area (Å²) in [4.78, 5) is 9.61. The predicted molar refractivity (Wildman–Crippen MR) is 55.5 cm³/mol. The third kappa shape index (κ3) is 2.01. The van der Waals surface area contributed by atoms with E-state index in [0.717, 1.165) is 18.0 Å². The Balaban J connectivity index is 2.05. The molecule has 2 aromatic rings. The highest BCUT2D eigenvalue weighted by atomic mass is 32.1. The second kappa shape index (κ2) is 3.92. The highest BCUT2D eigenvalue weighted by Crippen LogP contribution is 2.22. The maximum Gasteiger partial charge on any atom is 0.194 e. The summed E-state index contributed by atoms with van der Waals surface area (Å²) in [5, 5.41) is 0. The monoisotopic (exact) mass is 208 g/mol. The fourth-order valence-corrected chi connectivity index (χ4v) is 2.01. The number of oxazole rings is 1. The van der Waals surface area contributed by atoms with Gasteiger partial charge in [0.15, 0.2) is 5.89 Å². The van der Waals surface area contributed by atoms with Gasteiger partial charge in [-0.1, -0.05) is 6.92 Å². The largest absolute Gasteiger partial charge is 0.449 e. The summed E-state index contributed by atoms with van der Waals surface area (Å²) in [5.74, 6) is 1.24. The number of rotatable bonds is 3. The maximum atomic E-state index is 5.31. The minimum atomic E-state index is 0.431. The maximum absolute atomic E-state index is 5.31. The topological polar surface area (TPSA) is 38.9 Å². The minimum Gasteiger partial charge on any atom is -0.449 e. The summed E-state index contributed by atoms with van der Waals surface area (Å²) in [7, 11) is 0. The molecule has 0 aliphatic heterocycles. The molecule has 0 aliphatic rings. The van der Waals surface area contributed by atoms with Gasteiger partial charge < -0.3 is 4.42 Å². The predicted octanol–water partition coefficient (Wildman–Crippen LogP) is 2.79. The summed E-state index contributed by atoms with van der Waals surface area (Å²) >= 11 is 1.68. The summed E-state index contributed by atoms with van der Waals surface area (Å²) in [6, 6.07) is 0. The molecule has 0 saturated heterocycles. The molecule has 3 nitrogen and oxygen atoms in total. The molecule has 0 aromatic carbocycles. The zero-order valence-corrected chi connectivity index (χ0v) is 9.04. The first-order valence-corrected chi connectivity index (χ1v) is 5.43. The molecule has 4 heteroatoms. The third-order valence-corrected chi connectivity index (χ3v) is 3.09. The van der Waals surface area contributed by atoms with Gasteiger partial charge in [-0.15, -0.1) is 11.3 Å². The van der Waals surface area contributed by atoms with Gasteiger partial charge in [0.05, 0.1) is 11.2 Å². The molecule has 2 heterocycles. The van der Waals surface area contributed by atoms with Gasteiger partial charge in [0, 0.05) is 23.4 Å². The standard InChI is InChI=1S/C10H12N2OS/c1-7(9-4-11-6-14-9)3-10-12-8(2)5-13-10/h4-7H,3H2,1-2H3. The first kappa shape index (κ1) is 9.40. The van der Waals surface area contributed by atoms with E-state index in [2.05, 4.69) is 16.9 Å². The molecular formula is C10H12N2OS. The van der Waals surface area contributed by atoms with E-state index in [1.165, 1.54) is 4.88 Å². The van der Waals surface area contributed by atoms with Gasteiger partial charge in [-0.25, -0.2) is 4.98 Å². The van der Waals surface area contributed by atoms with Crippen molar-refractivity contribution in [2.75, 3.05) is 0 Å². The molecule has 2 rings (SSSR count). The SMILES string of the molecule is Cc1coc(CC(C)c2cncs2)n1. The fraction of sp³-hybridized carbons (Fsp3) is 0.400. The van der Waals surface area contributed by atoms with E-state index in [9.17, 15) is 0 Å². The average Bonchev–Trinajstić information content (AvgIpc) is 2.75. The Morgan fingerprint density at radius 1 is 1.57 bits per heavy atom. The first-order chi connectivity index (χ1) is 6.75. The van der Waals surface area contributed by atoms with E-state index in [0.29, 0.717) is 5.92 Å². The van der Waals surface area contributed by atoms with Crippen LogP contribution in [0.25, 0.3) is 0 Å². The van der Waals surface area contributed by atoms with E-state index in [-0.39, 0.29) is 0 Å². The summed E-state index contributed by atoms with van der Waals surface area (Å²) in [5.41, 5.74) is 2.80. The molecule has 74 valence electrons. The molecule has 0 aliphatic carbocycles. The van der Waals surface area contributed by atoms with Crippen LogP contribution >= 0.6 is 11.3 Å². The van der Waals surface area contributed by atoms with Crippen LogP contribution in [0.5, 0.6) is 0 Å². The van der Waals surface area contributed by atoms with Gasteiger partial charge >= 0.3 is 0 Å². The van der Waals surface area contributed by atoms with Crippen molar-refractivity contribution < 1.29 is 4.42 Å². The van der Waals surface area contributed by atoms with E-state index in [4.69, 9.17) is 4.42 Å². The van der Waals surface area contributed by atoms with Crippen LogP contribution in [0.2, 0.25) is 0 Å². The molecule has 0 amide bonds. The third-order valence-electron chi connectivity index (χ3n) is 2.08. The average molecular weight is 208 g/mol. The Labute approximate surface area is 86.8 Å². The van der Waals surface area contributed by atoms with Crippen LogP contribution in [0.3, 0.4) is 0 Å². The zero-order chi connectivity index (χ0) is 9.97. The Morgan fingerprint density at radius 2 is 2.43 bits per heavy atom. The molecule has 0 N–H and O–H groups in total. The Hall–Kier alpha value is -1.16. The smallest absolute Gasteiger partial charge is 0.194 e. The van der Waals surface area contributed by atoms with E-state index in [1.807, 2.05) is 18.6 Å². The zero-order valence-electron chi connectivity index (χ0n) is 8.23. The molecular weight excluding hydrogens is 196 g/mol. The molecule has 14 heavy (non-hydrogen) atoms. The quantitative estimate of drug-likeness (QED) is 0.778. The van der Waals surface area contributed by atoms with Crippen molar-refractivity contribution in [1.82, 2.24) is 9.97 Å². The van der Waals surface area contributed by atoms with Crippen LogP contribution in [0.15, 0.2) is 22.4 Å². The van der Waals surface area contributed by atoms with E-state index >= 15 is 0 Å². The van der Waals surface area contributed by atoms with E-state index in [1.54, 1.807) is 17.6 Å². The molecule has 0 radical (unpaired) electrons. The van der Waals surface area contributed by atoms with Crippen molar-refractivity contribution in [3.05, 3.63) is 34.4 Å². The lowest BCUT2D eigenvalue weighted by Crippen LogP contribution is -1.96. The summed E-state index contributed by atoms with van der Waals surface area (Å²) in [6.07, 6.45) is 4.44. The van der Waals surface area contributed by atoms with Gasteiger partial charge in [0.1, 0.15) is 6.26 Å². The molecule has 0 saturated carbocycles. The van der Waals surface area contributed by atoms with Crippen LogP contribution in [0.4, 0.5) is 0 Å². The van der Waals surface area contributed by atoms with Crippen molar-refractivity contribution in [3.63, 3.8) is 0 Å². The van der Waals surface area contributed by atoms with Crippen molar-refractivity contribution in [3.8, 4) is 0 Å².